The van der Waals surface area contributed by atoms with E-state index in [1.807, 2.05) is 24.3 Å². The van der Waals surface area contributed by atoms with E-state index in [0.29, 0.717) is 31.0 Å². The van der Waals surface area contributed by atoms with E-state index in [9.17, 15) is 9.90 Å². The molecule has 1 fully saturated rings. The van der Waals surface area contributed by atoms with Gasteiger partial charge in [-0.05, 0) is 24.8 Å². The Morgan fingerprint density at radius 2 is 2.24 bits per heavy atom. The van der Waals surface area contributed by atoms with Crippen LogP contribution in [0.25, 0.3) is 10.8 Å². The molecule has 4 N–H and O–H groups in total. The second kappa shape index (κ2) is 4.98. The summed E-state index contributed by atoms with van der Waals surface area (Å²) in [5.41, 5.74) is 2.06. The van der Waals surface area contributed by atoms with Crippen LogP contribution in [-0.2, 0) is 0 Å². The van der Waals surface area contributed by atoms with Crippen molar-refractivity contribution in [1.82, 2.24) is 9.88 Å². The molecule has 3 rings (SSSR count). The summed E-state index contributed by atoms with van der Waals surface area (Å²) in [6.45, 7) is 2.60. The van der Waals surface area contributed by atoms with Gasteiger partial charge in [-0.3, -0.25) is 4.79 Å². The molecule has 1 unspecified atom stereocenters. The number of nitrogens with one attached hydrogen (secondary N) is 1. The number of amides is 1. The molecule has 0 spiro atoms. The maximum absolute atomic E-state index is 12.5. The predicted octanol–water partition coefficient (Wildman–Crippen LogP) is 1.12. The number of anilines is 1. The minimum Gasteiger partial charge on any atom is -0.388 e. The molecule has 110 valence electrons. The third-order valence-electron chi connectivity index (χ3n) is 3.84. The first kappa shape index (κ1) is 13.8. The van der Waals surface area contributed by atoms with Crippen LogP contribution in [0.2, 0.25) is 0 Å². The van der Waals surface area contributed by atoms with Gasteiger partial charge in [0.05, 0.1) is 5.60 Å². The molecular formula is C15H18N4O2. The minimum atomic E-state index is -0.818. The van der Waals surface area contributed by atoms with Crippen molar-refractivity contribution in [3.63, 3.8) is 0 Å². The molecule has 6 heteroatoms. The number of β-amino-alcohol motifs (C(OH)–C–C–N with tert-alkyl or cyclic N) is 1. The van der Waals surface area contributed by atoms with Crippen LogP contribution in [0.5, 0.6) is 0 Å². The average Bonchev–Trinajstić information content (AvgIpc) is 2.85. The van der Waals surface area contributed by atoms with Crippen molar-refractivity contribution in [2.75, 3.05) is 18.5 Å². The number of aliphatic hydroxyl groups is 1. The molecule has 1 saturated heterocycles. The second-order valence-electron chi connectivity index (χ2n) is 5.70. The third-order valence-corrected chi connectivity index (χ3v) is 3.84. The van der Waals surface area contributed by atoms with E-state index in [1.54, 1.807) is 17.9 Å². The minimum absolute atomic E-state index is 0.185. The fourth-order valence-corrected chi connectivity index (χ4v) is 2.70. The average molecular weight is 286 g/mol. The Balaban J connectivity index is 1.99. The van der Waals surface area contributed by atoms with E-state index in [4.69, 9.17) is 5.84 Å². The number of hydrogen-bond donors (Lipinski definition) is 3. The molecule has 21 heavy (non-hydrogen) atoms. The van der Waals surface area contributed by atoms with Gasteiger partial charge in [0, 0.05) is 18.5 Å². The first-order valence-electron chi connectivity index (χ1n) is 6.88. The molecule has 2 aromatic rings. The van der Waals surface area contributed by atoms with Crippen molar-refractivity contribution in [2.45, 2.75) is 18.9 Å². The standard InChI is InChI=1S/C15H18N4O2/c1-15(21)6-7-19(9-15)14(20)12-8-10-4-2-3-5-11(10)13(17-12)18-16/h2-5,8,21H,6-7,9,16H2,1H3,(H,17,18). The van der Waals surface area contributed by atoms with E-state index in [2.05, 4.69) is 10.4 Å². The van der Waals surface area contributed by atoms with Gasteiger partial charge >= 0.3 is 0 Å². The smallest absolute Gasteiger partial charge is 0.272 e. The van der Waals surface area contributed by atoms with Crippen LogP contribution in [0.15, 0.2) is 30.3 Å². The van der Waals surface area contributed by atoms with Crippen molar-refractivity contribution in [3.8, 4) is 0 Å². The molecule has 0 radical (unpaired) electrons. The molecule has 0 saturated carbocycles. The molecule has 1 amide bonds. The van der Waals surface area contributed by atoms with Gasteiger partial charge in [-0.2, -0.15) is 0 Å². The van der Waals surface area contributed by atoms with Crippen molar-refractivity contribution >= 4 is 22.5 Å². The van der Waals surface area contributed by atoms with Crippen molar-refractivity contribution in [2.24, 2.45) is 5.84 Å². The first-order valence-corrected chi connectivity index (χ1v) is 6.88. The normalized spacial score (nSPS) is 21.8. The van der Waals surface area contributed by atoms with Crippen LogP contribution >= 0.6 is 0 Å². The number of carbonyl (C=O) groups is 1. The number of fused-ring (bicyclic) bond motifs is 1. The van der Waals surface area contributed by atoms with Crippen LogP contribution in [-0.4, -0.2) is 39.6 Å². The Morgan fingerprint density at radius 3 is 2.90 bits per heavy atom. The van der Waals surface area contributed by atoms with Gasteiger partial charge in [-0.15, -0.1) is 0 Å². The van der Waals surface area contributed by atoms with Gasteiger partial charge in [0.25, 0.3) is 5.91 Å². The highest BCUT2D eigenvalue weighted by molar-refractivity contribution is 6.00. The second-order valence-corrected chi connectivity index (χ2v) is 5.70. The highest BCUT2D eigenvalue weighted by Gasteiger charge is 2.34. The molecule has 1 aromatic heterocycles. The van der Waals surface area contributed by atoms with Gasteiger partial charge in [0.2, 0.25) is 0 Å². The van der Waals surface area contributed by atoms with Crippen LogP contribution in [0.3, 0.4) is 0 Å². The van der Waals surface area contributed by atoms with Gasteiger partial charge < -0.3 is 15.4 Å². The Morgan fingerprint density at radius 1 is 1.48 bits per heavy atom. The topological polar surface area (TPSA) is 91.5 Å². The molecule has 1 aliphatic rings. The maximum Gasteiger partial charge on any atom is 0.272 e. The summed E-state index contributed by atoms with van der Waals surface area (Å²) in [6.07, 6.45) is 0.578. The number of benzene rings is 1. The maximum atomic E-state index is 12.5. The number of likely N-dealkylation sites (tertiary alicyclic amines) is 1. The molecular weight excluding hydrogens is 268 g/mol. The van der Waals surface area contributed by atoms with Crippen LogP contribution in [0.1, 0.15) is 23.8 Å². The molecule has 6 nitrogen and oxygen atoms in total. The van der Waals surface area contributed by atoms with Crippen molar-refractivity contribution in [3.05, 3.63) is 36.0 Å². The van der Waals surface area contributed by atoms with Crippen LogP contribution in [0.4, 0.5) is 5.82 Å². The van der Waals surface area contributed by atoms with Crippen molar-refractivity contribution in [1.29, 1.82) is 0 Å². The lowest BCUT2D eigenvalue weighted by molar-refractivity contribution is 0.0569. The Bertz CT molecular complexity index is 699. The quantitative estimate of drug-likeness (QED) is 0.568. The molecule has 1 aromatic carbocycles. The number of nitrogen functional groups attached to an aromatic ring is 1. The zero-order valence-electron chi connectivity index (χ0n) is 11.8. The lowest BCUT2D eigenvalue weighted by Crippen LogP contribution is -2.34. The van der Waals surface area contributed by atoms with E-state index in [-0.39, 0.29) is 5.91 Å². The fourth-order valence-electron chi connectivity index (χ4n) is 2.70. The summed E-state index contributed by atoms with van der Waals surface area (Å²) in [7, 11) is 0. The highest BCUT2D eigenvalue weighted by Crippen LogP contribution is 2.25. The van der Waals surface area contributed by atoms with Gasteiger partial charge in [0.1, 0.15) is 11.5 Å². The van der Waals surface area contributed by atoms with E-state index in [0.717, 1.165) is 10.8 Å². The van der Waals surface area contributed by atoms with Crippen molar-refractivity contribution < 1.29 is 9.90 Å². The summed E-state index contributed by atoms with van der Waals surface area (Å²) >= 11 is 0. The molecule has 2 heterocycles. The predicted molar refractivity (Wildman–Crippen MR) is 80.7 cm³/mol. The van der Waals surface area contributed by atoms with Gasteiger partial charge in [-0.25, -0.2) is 10.8 Å². The highest BCUT2D eigenvalue weighted by atomic mass is 16.3. The van der Waals surface area contributed by atoms with Crippen LogP contribution in [0, 0.1) is 0 Å². The molecule has 0 aliphatic carbocycles. The number of hydrogen-bond acceptors (Lipinski definition) is 5. The zero-order valence-corrected chi connectivity index (χ0v) is 11.8. The number of nitrogens with two attached hydrogens (primary N) is 1. The summed E-state index contributed by atoms with van der Waals surface area (Å²) in [5, 5.41) is 11.8. The molecule has 1 atom stereocenters. The molecule has 1 aliphatic heterocycles. The number of hydrazine groups is 1. The van der Waals surface area contributed by atoms with Gasteiger partial charge in [0.15, 0.2) is 0 Å². The first-order chi connectivity index (χ1) is 10.00. The lowest BCUT2D eigenvalue weighted by atomic mass is 10.1. The Hall–Kier alpha value is -2.18. The number of aromatic nitrogens is 1. The molecule has 0 bridgehead atoms. The lowest BCUT2D eigenvalue weighted by Gasteiger charge is -2.19. The van der Waals surface area contributed by atoms with Crippen LogP contribution < -0.4 is 11.3 Å². The summed E-state index contributed by atoms with van der Waals surface area (Å²) in [5.74, 6) is 5.79. The summed E-state index contributed by atoms with van der Waals surface area (Å²) in [6, 6.07) is 9.36. The number of rotatable bonds is 2. The zero-order chi connectivity index (χ0) is 15.0. The van der Waals surface area contributed by atoms with E-state index in [1.165, 1.54) is 0 Å². The fraction of sp³-hybridized carbons (Fsp3) is 0.333. The van der Waals surface area contributed by atoms with E-state index >= 15 is 0 Å². The largest absolute Gasteiger partial charge is 0.388 e. The number of pyridine rings is 1. The SMILES string of the molecule is CC1(O)CCN(C(=O)c2cc3ccccc3c(NN)n2)C1. The Kier molecular flexibility index (Phi) is 3.27. The van der Waals surface area contributed by atoms with Gasteiger partial charge in [-0.1, -0.05) is 24.3 Å². The number of carbonyl (C=O) groups excluding carboxylic acids is 1. The number of nitrogens with zero attached hydrogens (tertiary/aromatic N) is 2. The third kappa shape index (κ3) is 2.55. The summed E-state index contributed by atoms with van der Waals surface area (Å²) < 4.78 is 0. The monoisotopic (exact) mass is 286 g/mol. The van der Waals surface area contributed by atoms with E-state index < -0.39 is 5.60 Å². The summed E-state index contributed by atoms with van der Waals surface area (Å²) in [4.78, 5) is 18.5. The Labute approximate surface area is 122 Å².